The van der Waals surface area contributed by atoms with E-state index in [4.69, 9.17) is 24.7 Å². The van der Waals surface area contributed by atoms with Crippen LogP contribution in [0.1, 0.15) is 68.2 Å². The fourth-order valence-corrected chi connectivity index (χ4v) is 7.73. The maximum absolute atomic E-state index is 12.3. The van der Waals surface area contributed by atoms with Gasteiger partial charge in [0.2, 0.25) is 5.75 Å². The molecule has 2 aromatic carbocycles. The zero-order valence-corrected chi connectivity index (χ0v) is 29.5. The average molecular weight is 710 g/mol. The van der Waals surface area contributed by atoms with E-state index < -0.39 is 35.6 Å². The van der Waals surface area contributed by atoms with Gasteiger partial charge in [-0.25, -0.2) is 4.98 Å². The van der Waals surface area contributed by atoms with Gasteiger partial charge in [-0.05, 0) is 105 Å². The van der Waals surface area contributed by atoms with E-state index in [-0.39, 0.29) is 61.2 Å². The Morgan fingerprint density at radius 3 is 2.53 bits per heavy atom. The number of hydrogen-bond acceptors (Lipinski definition) is 12. The lowest BCUT2D eigenvalue weighted by molar-refractivity contribution is -0.144. The Kier molecular flexibility index (Phi) is 12.5. The molecule has 3 aromatic rings. The lowest BCUT2D eigenvalue weighted by atomic mass is 9.67. The normalized spacial score (nSPS) is 26.4. The van der Waals surface area contributed by atoms with E-state index in [9.17, 15) is 30.3 Å². The number of nitrogen functional groups attached to an aromatic ring is 1. The molecule has 2 fully saturated rings. The van der Waals surface area contributed by atoms with Gasteiger partial charge in [-0.15, -0.1) is 0 Å². The number of aryl methyl sites for hydroxylation is 1. The van der Waals surface area contributed by atoms with Crippen LogP contribution in [0.25, 0.3) is 0 Å². The van der Waals surface area contributed by atoms with Gasteiger partial charge in [0.05, 0.1) is 39.0 Å². The van der Waals surface area contributed by atoms with E-state index in [1.54, 1.807) is 36.5 Å². The second-order valence-corrected chi connectivity index (χ2v) is 13.9. The Morgan fingerprint density at radius 1 is 1.06 bits per heavy atom. The highest BCUT2D eigenvalue weighted by Gasteiger charge is 2.45. The summed E-state index contributed by atoms with van der Waals surface area (Å²) in [7, 11) is 2.93. The first kappa shape index (κ1) is 37.9. The number of anilines is 1. The zero-order valence-electron chi connectivity index (χ0n) is 29.5. The molecule has 0 amide bonds. The molecule has 8 N–H and O–H groups in total. The van der Waals surface area contributed by atoms with Gasteiger partial charge in [-0.1, -0.05) is 6.07 Å². The first-order chi connectivity index (χ1) is 24.4. The summed E-state index contributed by atoms with van der Waals surface area (Å²) in [6.07, 6.45) is 3.42. The van der Waals surface area contributed by atoms with Crippen LogP contribution in [0, 0.1) is 11.3 Å². The summed E-state index contributed by atoms with van der Waals surface area (Å²) in [6, 6.07) is 11.8. The van der Waals surface area contributed by atoms with Crippen molar-refractivity contribution >= 4 is 11.8 Å². The summed E-state index contributed by atoms with van der Waals surface area (Å²) >= 11 is 0. The number of aliphatic carboxylic acids is 1. The molecule has 51 heavy (non-hydrogen) atoms. The Balaban J connectivity index is 1.41. The van der Waals surface area contributed by atoms with Crippen LogP contribution in [0.2, 0.25) is 0 Å². The minimum absolute atomic E-state index is 0.0469. The summed E-state index contributed by atoms with van der Waals surface area (Å²) in [5, 5.41) is 56.1. The molecular weight excluding hydrogens is 658 g/mol. The number of phenols is 2. The number of aliphatic hydroxyl groups is 2. The molecule has 13 nitrogen and oxygen atoms in total. The molecule has 13 heteroatoms. The number of aliphatic hydroxyl groups excluding tert-OH is 2. The topological polar surface area (TPSA) is 206 Å². The van der Waals surface area contributed by atoms with Gasteiger partial charge < -0.3 is 55.5 Å². The third-order valence-corrected chi connectivity index (χ3v) is 10.4. The third kappa shape index (κ3) is 9.14. The van der Waals surface area contributed by atoms with Crippen molar-refractivity contribution in [3.8, 4) is 28.7 Å². The van der Waals surface area contributed by atoms with Gasteiger partial charge in [0, 0.05) is 36.2 Å². The number of carboxylic acids is 1. The molecule has 2 aliphatic heterocycles. The SMILES string of the molecule is COc1cc(CC[C@H]2C[C@H](O)[C@H](CCO)[C@@H](c3cc(OC)c(O)c(OC[C@H]4N[C@@H](C)CC[C@]4(CC(=O)O)Cc4ccnc(N)c4)c3)O2)ccc1O. The molecule has 5 rings (SSSR count). The maximum atomic E-state index is 12.3. The van der Waals surface area contributed by atoms with Crippen LogP contribution in [0.3, 0.4) is 0 Å². The van der Waals surface area contributed by atoms with Crippen molar-refractivity contribution in [3.05, 3.63) is 65.4 Å². The quantitative estimate of drug-likeness (QED) is 0.119. The summed E-state index contributed by atoms with van der Waals surface area (Å²) < 4.78 is 23.8. The number of nitrogens with two attached hydrogens (primary N) is 1. The first-order valence-electron chi connectivity index (χ1n) is 17.5. The Labute approximate surface area is 298 Å². The molecule has 278 valence electrons. The number of hydrogen-bond donors (Lipinski definition) is 7. The molecule has 0 bridgehead atoms. The highest BCUT2D eigenvalue weighted by molar-refractivity contribution is 5.68. The van der Waals surface area contributed by atoms with Crippen molar-refractivity contribution in [3.63, 3.8) is 0 Å². The number of rotatable bonds is 15. The van der Waals surface area contributed by atoms with Crippen LogP contribution in [0.4, 0.5) is 5.82 Å². The van der Waals surface area contributed by atoms with E-state index in [2.05, 4.69) is 10.3 Å². The monoisotopic (exact) mass is 709 g/mol. The molecule has 0 spiro atoms. The van der Waals surface area contributed by atoms with E-state index >= 15 is 0 Å². The molecule has 3 heterocycles. The fourth-order valence-electron chi connectivity index (χ4n) is 7.73. The number of methoxy groups -OCH3 is 2. The first-order valence-corrected chi connectivity index (χ1v) is 17.5. The molecule has 2 aliphatic rings. The number of aromatic nitrogens is 1. The number of pyridine rings is 1. The van der Waals surface area contributed by atoms with Gasteiger partial charge in [0.25, 0.3) is 0 Å². The predicted octanol–water partition coefficient (Wildman–Crippen LogP) is 4.14. The summed E-state index contributed by atoms with van der Waals surface area (Å²) in [5.41, 5.74) is 7.66. The van der Waals surface area contributed by atoms with Crippen molar-refractivity contribution in [2.75, 3.05) is 33.2 Å². The van der Waals surface area contributed by atoms with Crippen LogP contribution < -0.4 is 25.3 Å². The summed E-state index contributed by atoms with van der Waals surface area (Å²) in [4.78, 5) is 16.3. The van der Waals surface area contributed by atoms with Crippen molar-refractivity contribution in [2.24, 2.45) is 11.3 Å². The second-order valence-electron chi connectivity index (χ2n) is 13.9. The minimum Gasteiger partial charge on any atom is -0.504 e. The molecule has 0 unspecified atom stereocenters. The number of benzene rings is 2. The van der Waals surface area contributed by atoms with E-state index in [1.807, 2.05) is 19.1 Å². The van der Waals surface area contributed by atoms with Crippen LogP contribution in [0.15, 0.2) is 48.7 Å². The predicted molar refractivity (Wildman–Crippen MR) is 189 cm³/mol. The molecule has 2 saturated heterocycles. The number of ether oxygens (including phenoxy) is 4. The number of nitrogens with zero attached hydrogens (tertiary/aromatic N) is 1. The standard InChI is InChI=1S/C38H51N3O10/c1-22-8-11-38(20-35(45)46,19-24-9-12-40-34(39)15-24)33(41-22)21-50-32-17-25(16-31(49-3)36(32)47)37-27(10-13-42)29(44)18-26(51-37)6-4-23-5-7-28(43)30(14-23)48-2/h5,7,9,12,14-17,22,26-27,29,33,37,41-44,47H,4,6,8,10-11,13,18-21H2,1-3H3,(H2,39,40)(H,45,46)/t22-,26-,27-,29-,33+,37+,38+/m0/s1. The van der Waals surface area contributed by atoms with Crippen LogP contribution in [0.5, 0.6) is 28.7 Å². The number of phenolic OH excluding ortho intramolecular Hbond substituents is 2. The Morgan fingerprint density at radius 2 is 1.82 bits per heavy atom. The van der Waals surface area contributed by atoms with E-state index in [0.717, 1.165) is 17.5 Å². The minimum atomic E-state index is -0.924. The van der Waals surface area contributed by atoms with Gasteiger partial charge in [0.1, 0.15) is 12.4 Å². The van der Waals surface area contributed by atoms with Crippen molar-refractivity contribution in [1.29, 1.82) is 0 Å². The van der Waals surface area contributed by atoms with Gasteiger partial charge in [-0.3, -0.25) is 4.79 Å². The number of piperidine rings is 1. The van der Waals surface area contributed by atoms with Crippen molar-refractivity contribution in [2.45, 2.75) is 88.7 Å². The highest BCUT2D eigenvalue weighted by atomic mass is 16.5. The van der Waals surface area contributed by atoms with Crippen molar-refractivity contribution in [1.82, 2.24) is 10.3 Å². The largest absolute Gasteiger partial charge is 0.504 e. The summed E-state index contributed by atoms with van der Waals surface area (Å²) in [5.74, 6) is -0.528. The maximum Gasteiger partial charge on any atom is 0.303 e. The number of nitrogens with one attached hydrogen (secondary N) is 1. The van der Waals surface area contributed by atoms with Gasteiger partial charge in [0.15, 0.2) is 23.0 Å². The molecular formula is C38H51N3O10. The number of aromatic hydroxyl groups is 2. The average Bonchev–Trinajstić information content (AvgIpc) is 3.09. The Bertz CT molecular complexity index is 1640. The van der Waals surface area contributed by atoms with Crippen LogP contribution in [-0.2, 0) is 22.4 Å². The lowest BCUT2D eigenvalue weighted by Crippen LogP contribution is -2.57. The fraction of sp³-hybridized carbons (Fsp3) is 0.526. The number of carboxylic acid groups (broad SMARTS) is 1. The second kappa shape index (κ2) is 16.8. The summed E-state index contributed by atoms with van der Waals surface area (Å²) in [6.45, 7) is 1.94. The number of carbonyl (C=O) groups is 1. The van der Waals surface area contributed by atoms with Crippen molar-refractivity contribution < 1.29 is 49.3 Å². The van der Waals surface area contributed by atoms with E-state index in [0.29, 0.717) is 49.2 Å². The third-order valence-electron chi connectivity index (χ3n) is 10.4. The molecule has 0 saturated carbocycles. The molecule has 7 atom stereocenters. The van der Waals surface area contributed by atoms with Gasteiger partial charge >= 0.3 is 5.97 Å². The van der Waals surface area contributed by atoms with E-state index in [1.165, 1.54) is 14.2 Å². The molecule has 1 aromatic heterocycles. The highest BCUT2D eigenvalue weighted by Crippen LogP contribution is 2.46. The molecule has 0 radical (unpaired) electrons. The molecule has 0 aliphatic carbocycles. The Hall–Kier alpha value is -4.30. The smallest absolute Gasteiger partial charge is 0.303 e. The lowest BCUT2D eigenvalue weighted by Gasteiger charge is -2.46. The van der Waals surface area contributed by atoms with Gasteiger partial charge in [-0.2, -0.15) is 0 Å². The van der Waals surface area contributed by atoms with Crippen LogP contribution >= 0.6 is 0 Å². The zero-order chi connectivity index (χ0) is 36.7. The van der Waals surface area contributed by atoms with Crippen LogP contribution in [-0.4, -0.2) is 88.2 Å².